The number of aryl methyl sites for hydroxylation is 2. The van der Waals surface area contributed by atoms with Crippen molar-refractivity contribution in [3.63, 3.8) is 0 Å². The first-order chi connectivity index (χ1) is 9.87. The minimum absolute atomic E-state index is 0.0952. The van der Waals surface area contributed by atoms with Crippen molar-refractivity contribution in [1.29, 1.82) is 0 Å². The Bertz CT molecular complexity index is 566. The molecule has 2 rings (SSSR count). The second-order valence-electron chi connectivity index (χ2n) is 5.95. The van der Waals surface area contributed by atoms with Gasteiger partial charge in [0.15, 0.2) is 0 Å². The van der Waals surface area contributed by atoms with Crippen molar-refractivity contribution in [2.24, 2.45) is 0 Å². The minimum atomic E-state index is 0.0952. The molecule has 8 heteroatoms. The highest BCUT2D eigenvalue weighted by Crippen LogP contribution is 2.24. The first-order valence-corrected chi connectivity index (χ1v) is 7.91. The summed E-state index contributed by atoms with van der Waals surface area (Å²) < 4.78 is 6.99. The molecule has 0 fully saturated rings. The van der Waals surface area contributed by atoms with Crippen molar-refractivity contribution in [2.45, 2.75) is 57.6 Å². The molecule has 0 aliphatic heterocycles. The Kier molecular flexibility index (Phi) is 5.00. The topological polar surface area (TPSA) is 81.7 Å². The van der Waals surface area contributed by atoms with E-state index >= 15 is 0 Å². The van der Waals surface area contributed by atoms with Crippen LogP contribution in [0.25, 0.3) is 0 Å². The van der Waals surface area contributed by atoms with Crippen molar-refractivity contribution in [2.75, 3.05) is 6.54 Å². The molecule has 0 unspecified atom stereocenters. The summed E-state index contributed by atoms with van der Waals surface area (Å²) in [7, 11) is 0. The molecule has 0 bridgehead atoms. The largest absolute Gasteiger partial charge is 0.361 e. The summed E-state index contributed by atoms with van der Waals surface area (Å²) in [6.45, 7) is 11.9. The summed E-state index contributed by atoms with van der Waals surface area (Å²) in [6, 6.07) is 0. The van der Waals surface area contributed by atoms with Gasteiger partial charge in [-0.3, -0.25) is 0 Å². The van der Waals surface area contributed by atoms with Crippen LogP contribution in [0.5, 0.6) is 0 Å². The van der Waals surface area contributed by atoms with Gasteiger partial charge in [-0.1, -0.05) is 16.9 Å². The summed E-state index contributed by atoms with van der Waals surface area (Å²) in [5.74, 6) is 1.61. The Morgan fingerprint density at radius 1 is 1.29 bits per heavy atom. The number of thioether (sulfide) groups is 1. The highest BCUT2D eigenvalue weighted by atomic mass is 32.2. The van der Waals surface area contributed by atoms with Crippen molar-refractivity contribution >= 4 is 11.8 Å². The molecule has 2 aromatic heterocycles. The highest BCUT2D eigenvalue weighted by Gasteiger charge is 2.13. The lowest BCUT2D eigenvalue weighted by Gasteiger charge is -2.20. The SMILES string of the molecule is Cc1noc(C)c1CSc1nnnn1CCNC(C)(C)C. The molecule has 0 amide bonds. The van der Waals surface area contributed by atoms with E-state index in [2.05, 4.69) is 46.8 Å². The molecule has 7 nitrogen and oxygen atoms in total. The molecule has 2 aromatic rings. The Morgan fingerprint density at radius 3 is 2.67 bits per heavy atom. The van der Waals surface area contributed by atoms with Crippen LogP contribution in [0.15, 0.2) is 9.68 Å². The van der Waals surface area contributed by atoms with Gasteiger partial charge in [-0.2, -0.15) is 0 Å². The summed E-state index contributed by atoms with van der Waals surface area (Å²) >= 11 is 1.60. The first-order valence-electron chi connectivity index (χ1n) is 6.92. The molecular formula is C13H22N6OS. The zero-order valence-electron chi connectivity index (χ0n) is 13.2. The Labute approximate surface area is 128 Å². The van der Waals surface area contributed by atoms with Crippen LogP contribution in [0.3, 0.4) is 0 Å². The van der Waals surface area contributed by atoms with E-state index in [1.807, 2.05) is 18.5 Å². The molecule has 0 saturated heterocycles. The zero-order valence-corrected chi connectivity index (χ0v) is 14.0. The molecule has 116 valence electrons. The third kappa shape index (κ3) is 4.53. The van der Waals surface area contributed by atoms with E-state index < -0.39 is 0 Å². The van der Waals surface area contributed by atoms with E-state index in [0.717, 1.165) is 41.0 Å². The standard InChI is InChI=1S/C13H22N6OS/c1-9-11(10(2)20-16-9)8-21-12-15-17-18-19(12)7-6-14-13(3,4)5/h14H,6-8H2,1-5H3. The quantitative estimate of drug-likeness (QED) is 0.817. The number of tetrazole rings is 1. The molecule has 0 saturated carbocycles. The first kappa shape index (κ1) is 16.0. The molecule has 1 N–H and O–H groups in total. The molecule has 0 radical (unpaired) electrons. The highest BCUT2D eigenvalue weighted by molar-refractivity contribution is 7.98. The van der Waals surface area contributed by atoms with Crippen LogP contribution in [0.2, 0.25) is 0 Å². The molecular weight excluding hydrogens is 288 g/mol. The Balaban J connectivity index is 1.91. The van der Waals surface area contributed by atoms with Crippen LogP contribution >= 0.6 is 11.8 Å². The fraction of sp³-hybridized carbons (Fsp3) is 0.692. The molecule has 0 aromatic carbocycles. The van der Waals surface area contributed by atoms with Crippen LogP contribution in [0, 0.1) is 13.8 Å². The van der Waals surface area contributed by atoms with Crippen LogP contribution in [0.1, 0.15) is 37.8 Å². The predicted octanol–water partition coefficient (Wildman–Crippen LogP) is 1.96. The van der Waals surface area contributed by atoms with Gasteiger partial charge in [-0.05, 0) is 45.0 Å². The predicted molar refractivity (Wildman–Crippen MR) is 81.1 cm³/mol. The van der Waals surface area contributed by atoms with Gasteiger partial charge in [0.05, 0.1) is 12.2 Å². The van der Waals surface area contributed by atoms with Gasteiger partial charge in [0.1, 0.15) is 5.76 Å². The van der Waals surface area contributed by atoms with Crippen molar-refractivity contribution in [3.8, 4) is 0 Å². The van der Waals surface area contributed by atoms with E-state index in [-0.39, 0.29) is 5.54 Å². The van der Waals surface area contributed by atoms with Gasteiger partial charge in [-0.25, -0.2) is 4.68 Å². The number of rotatable bonds is 6. The van der Waals surface area contributed by atoms with Gasteiger partial charge in [0.25, 0.3) is 0 Å². The van der Waals surface area contributed by atoms with E-state index in [1.54, 1.807) is 11.8 Å². The van der Waals surface area contributed by atoms with E-state index in [4.69, 9.17) is 4.52 Å². The summed E-state index contributed by atoms with van der Waals surface area (Å²) in [4.78, 5) is 0. The fourth-order valence-corrected chi connectivity index (χ4v) is 2.88. The molecule has 0 spiro atoms. The lowest BCUT2D eigenvalue weighted by molar-refractivity contribution is 0.392. The third-order valence-corrected chi connectivity index (χ3v) is 3.99. The summed E-state index contributed by atoms with van der Waals surface area (Å²) in [5.41, 5.74) is 2.13. The van der Waals surface area contributed by atoms with Crippen LogP contribution < -0.4 is 5.32 Å². The molecule has 21 heavy (non-hydrogen) atoms. The lowest BCUT2D eigenvalue weighted by atomic mass is 10.1. The maximum Gasteiger partial charge on any atom is 0.209 e. The second kappa shape index (κ2) is 6.57. The number of nitrogens with one attached hydrogen (secondary N) is 1. The van der Waals surface area contributed by atoms with E-state index in [1.165, 1.54) is 0 Å². The number of nitrogens with zero attached hydrogens (tertiary/aromatic N) is 5. The van der Waals surface area contributed by atoms with Crippen molar-refractivity contribution < 1.29 is 4.52 Å². The van der Waals surface area contributed by atoms with Gasteiger partial charge >= 0.3 is 0 Å². The molecule has 0 atom stereocenters. The smallest absolute Gasteiger partial charge is 0.209 e. The number of hydrogen-bond acceptors (Lipinski definition) is 7. The normalized spacial score (nSPS) is 12.0. The van der Waals surface area contributed by atoms with Gasteiger partial charge < -0.3 is 9.84 Å². The van der Waals surface area contributed by atoms with E-state index in [9.17, 15) is 0 Å². The second-order valence-corrected chi connectivity index (χ2v) is 6.90. The maximum atomic E-state index is 5.17. The summed E-state index contributed by atoms with van der Waals surface area (Å²) in [6.07, 6.45) is 0. The molecule has 0 aliphatic carbocycles. The average Bonchev–Trinajstić information content (AvgIpc) is 2.94. The number of hydrogen-bond donors (Lipinski definition) is 1. The van der Waals surface area contributed by atoms with Crippen LogP contribution in [0.4, 0.5) is 0 Å². The maximum absolute atomic E-state index is 5.17. The van der Waals surface area contributed by atoms with Crippen molar-refractivity contribution in [1.82, 2.24) is 30.7 Å². The third-order valence-electron chi connectivity index (χ3n) is 3.00. The van der Waals surface area contributed by atoms with Crippen LogP contribution in [-0.2, 0) is 12.3 Å². The molecule has 0 aliphatic rings. The monoisotopic (exact) mass is 310 g/mol. The van der Waals surface area contributed by atoms with Gasteiger partial charge in [0, 0.05) is 23.4 Å². The Hall–Kier alpha value is -1.41. The van der Waals surface area contributed by atoms with Gasteiger partial charge in [0.2, 0.25) is 5.16 Å². The van der Waals surface area contributed by atoms with E-state index in [0.29, 0.717) is 0 Å². The lowest BCUT2D eigenvalue weighted by Crippen LogP contribution is -2.38. The Morgan fingerprint density at radius 2 is 2.05 bits per heavy atom. The average molecular weight is 310 g/mol. The number of aromatic nitrogens is 5. The zero-order chi connectivity index (χ0) is 15.5. The minimum Gasteiger partial charge on any atom is -0.361 e. The summed E-state index contributed by atoms with van der Waals surface area (Å²) in [5, 5.41) is 20.1. The van der Waals surface area contributed by atoms with Crippen molar-refractivity contribution in [3.05, 3.63) is 17.0 Å². The van der Waals surface area contributed by atoms with Crippen LogP contribution in [-0.4, -0.2) is 37.4 Å². The molecule has 2 heterocycles. The fourth-order valence-electron chi connectivity index (χ4n) is 1.82. The van der Waals surface area contributed by atoms with Gasteiger partial charge in [-0.15, -0.1) is 5.10 Å².